The smallest absolute Gasteiger partial charge is 0.233 e. The third-order valence-corrected chi connectivity index (χ3v) is 3.44. The molecular weight excluding hydrogens is 355 g/mol. The summed E-state index contributed by atoms with van der Waals surface area (Å²) in [5, 5.41) is 2.58. The molecule has 4 nitrogen and oxygen atoms in total. The zero-order valence-electron chi connectivity index (χ0n) is 11.3. The summed E-state index contributed by atoms with van der Waals surface area (Å²) in [6, 6.07) is 7.48. The highest BCUT2D eigenvalue weighted by Crippen LogP contribution is 2.08. The van der Waals surface area contributed by atoms with Crippen LogP contribution in [0.25, 0.3) is 0 Å². The highest BCUT2D eigenvalue weighted by molar-refractivity contribution is 14.1. The predicted octanol–water partition coefficient (Wildman–Crippen LogP) is 1.93. The van der Waals surface area contributed by atoms with Crippen molar-refractivity contribution in [2.75, 3.05) is 26.7 Å². The van der Waals surface area contributed by atoms with Crippen LogP contribution in [0.2, 0.25) is 0 Å². The number of rotatable bonds is 7. The molecule has 0 saturated carbocycles. The van der Waals surface area contributed by atoms with E-state index >= 15 is 0 Å². The van der Waals surface area contributed by atoms with E-state index in [2.05, 4.69) is 27.9 Å². The number of nitrogens with one attached hydrogen (secondary N) is 1. The molecular formula is C14H19IN2O2. The lowest BCUT2D eigenvalue weighted by molar-refractivity contribution is -0.121. The Hall–Kier alpha value is -0.950. The molecule has 0 radical (unpaired) electrons. The van der Waals surface area contributed by atoms with E-state index < -0.39 is 0 Å². The van der Waals surface area contributed by atoms with E-state index in [1.807, 2.05) is 36.1 Å². The van der Waals surface area contributed by atoms with Crippen molar-refractivity contribution in [2.24, 2.45) is 0 Å². The molecule has 1 amide bonds. The van der Waals surface area contributed by atoms with Crippen LogP contribution in [-0.2, 0) is 4.79 Å². The molecule has 1 rings (SSSR count). The van der Waals surface area contributed by atoms with Crippen LogP contribution in [0, 0.1) is 3.57 Å². The number of carbonyl (C=O) groups excluding carboxylic acids is 2. The molecule has 0 unspecified atom stereocenters. The molecule has 0 atom stereocenters. The standard InChI is InChI=1S/C14H19IN2O2/c1-3-8-17(10-14(19)16-2)9-13(18)11-4-6-12(15)7-5-11/h4-7H,3,8-10H2,1-2H3,(H,16,19). The molecule has 1 aromatic carbocycles. The van der Waals surface area contributed by atoms with Crippen molar-refractivity contribution in [1.29, 1.82) is 0 Å². The van der Waals surface area contributed by atoms with E-state index in [1.165, 1.54) is 0 Å². The maximum absolute atomic E-state index is 12.1. The van der Waals surface area contributed by atoms with Crippen LogP contribution < -0.4 is 5.32 Å². The summed E-state index contributed by atoms with van der Waals surface area (Å²) in [5.41, 5.74) is 0.693. The molecule has 0 aromatic heterocycles. The van der Waals surface area contributed by atoms with E-state index in [4.69, 9.17) is 0 Å². The predicted molar refractivity (Wildman–Crippen MR) is 84.3 cm³/mol. The molecule has 1 aromatic rings. The minimum atomic E-state index is -0.0659. The SMILES string of the molecule is CCCN(CC(=O)NC)CC(=O)c1ccc(I)cc1. The van der Waals surface area contributed by atoms with E-state index in [0.29, 0.717) is 5.56 Å². The quantitative estimate of drug-likeness (QED) is 0.586. The normalized spacial score (nSPS) is 10.5. The summed E-state index contributed by atoms with van der Waals surface area (Å²) in [6.45, 7) is 3.32. The summed E-state index contributed by atoms with van der Waals surface area (Å²) < 4.78 is 1.10. The molecule has 5 heteroatoms. The Bertz CT molecular complexity index is 432. The van der Waals surface area contributed by atoms with Crippen LogP contribution in [0.3, 0.4) is 0 Å². The number of benzene rings is 1. The summed E-state index contributed by atoms with van der Waals surface area (Å²) in [7, 11) is 1.60. The second-order valence-corrected chi connectivity index (χ2v) is 5.56. The van der Waals surface area contributed by atoms with Gasteiger partial charge in [0.25, 0.3) is 0 Å². The fraction of sp³-hybridized carbons (Fsp3) is 0.429. The summed E-state index contributed by atoms with van der Waals surface area (Å²) in [4.78, 5) is 25.4. The molecule has 0 aliphatic rings. The number of Topliss-reactive ketones (excluding diaryl/α,β-unsaturated/α-hetero) is 1. The molecule has 0 bridgehead atoms. The number of amides is 1. The van der Waals surface area contributed by atoms with E-state index in [-0.39, 0.29) is 24.8 Å². The average molecular weight is 374 g/mol. The number of hydrogen-bond acceptors (Lipinski definition) is 3. The van der Waals surface area contributed by atoms with Crippen molar-refractivity contribution in [2.45, 2.75) is 13.3 Å². The molecule has 0 heterocycles. The van der Waals surface area contributed by atoms with Gasteiger partial charge in [-0.05, 0) is 47.7 Å². The summed E-state index contributed by atoms with van der Waals surface area (Å²) in [6.07, 6.45) is 0.914. The molecule has 104 valence electrons. The first-order chi connectivity index (χ1) is 9.06. The minimum Gasteiger partial charge on any atom is -0.358 e. The van der Waals surface area contributed by atoms with Gasteiger partial charge in [-0.15, -0.1) is 0 Å². The van der Waals surface area contributed by atoms with Gasteiger partial charge in [-0.2, -0.15) is 0 Å². The van der Waals surface area contributed by atoms with Crippen molar-refractivity contribution in [3.05, 3.63) is 33.4 Å². The Morgan fingerprint density at radius 3 is 2.37 bits per heavy atom. The second-order valence-electron chi connectivity index (χ2n) is 4.31. The maximum atomic E-state index is 12.1. The Balaban J connectivity index is 2.65. The van der Waals surface area contributed by atoms with Gasteiger partial charge < -0.3 is 5.32 Å². The fourth-order valence-electron chi connectivity index (χ4n) is 1.74. The monoisotopic (exact) mass is 374 g/mol. The lowest BCUT2D eigenvalue weighted by Gasteiger charge is -2.19. The zero-order chi connectivity index (χ0) is 14.3. The topological polar surface area (TPSA) is 49.4 Å². The first-order valence-electron chi connectivity index (χ1n) is 6.28. The molecule has 0 saturated heterocycles. The highest BCUT2D eigenvalue weighted by Gasteiger charge is 2.14. The van der Waals surface area contributed by atoms with Crippen LogP contribution in [-0.4, -0.2) is 43.3 Å². The first kappa shape index (κ1) is 16.1. The Kier molecular flexibility index (Phi) is 7.01. The number of carbonyl (C=O) groups is 2. The number of hydrogen-bond donors (Lipinski definition) is 1. The first-order valence-corrected chi connectivity index (χ1v) is 7.36. The molecule has 19 heavy (non-hydrogen) atoms. The molecule has 0 aliphatic heterocycles. The van der Waals surface area contributed by atoms with Crippen molar-refractivity contribution >= 4 is 34.3 Å². The van der Waals surface area contributed by atoms with Gasteiger partial charge in [0, 0.05) is 16.2 Å². The molecule has 0 fully saturated rings. The molecule has 0 aliphatic carbocycles. The van der Waals surface area contributed by atoms with Crippen LogP contribution in [0.5, 0.6) is 0 Å². The summed E-state index contributed by atoms with van der Waals surface area (Å²) in [5.74, 6) is -0.0161. The number of halogens is 1. The van der Waals surface area contributed by atoms with Gasteiger partial charge in [-0.3, -0.25) is 14.5 Å². The lowest BCUT2D eigenvalue weighted by Crippen LogP contribution is -2.39. The molecule has 0 spiro atoms. The van der Waals surface area contributed by atoms with Crippen LogP contribution in [0.15, 0.2) is 24.3 Å². The van der Waals surface area contributed by atoms with Gasteiger partial charge in [0.05, 0.1) is 13.1 Å². The second kappa shape index (κ2) is 8.27. The van der Waals surface area contributed by atoms with Gasteiger partial charge >= 0.3 is 0 Å². The van der Waals surface area contributed by atoms with Crippen LogP contribution in [0.1, 0.15) is 23.7 Å². The van der Waals surface area contributed by atoms with E-state index in [9.17, 15) is 9.59 Å². The number of likely N-dealkylation sites (N-methyl/N-ethyl adjacent to an activating group) is 1. The van der Waals surface area contributed by atoms with Crippen LogP contribution >= 0.6 is 22.6 Å². The Labute approximate surface area is 127 Å². The van der Waals surface area contributed by atoms with Crippen molar-refractivity contribution in [3.8, 4) is 0 Å². The van der Waals surface area contributed by atoms with E-state index in [1.54, 1.807) is 7.05 Å². The van der Waals surface area contributed by atoms with Gasteiger partial charge in [0.2, 0.25) is 5.91 Å². The van der Waals surface area contributed by atoms with Gasteiger partial charge in [-0.25, -0.2) is 0 Å². The Morgan fingerprint density at radius 1 is 1.21 bits per heavy atom. The largest absolute Gasteiger partial charge is 0.358 e. The van der Waals surface area contributed by atoms with Gasteiger partial charge in [-0.1, -0.05) is 19.1 Å². The number of nitrogens with zero attached hydrogens (tertiary/aromatic N) is 1. The zero-order valence-corrected chi connectivity index (χ0v) is 13.4. The van der Waals surface area contributed by atoms with Crippen molar-refractivity contribution in [1.82, 2.24) is 10.2 Å². The third-order valence-electron chi connectivity index (χ3n) is 2.72. The summed E-state index contributed by atoms with van der Waals surface area (Å²) >= 11 is 2.21. The lowest BCUT2D eigenvalue weighted by atomic mass is 10.1. The van der Waals surface area contributed by atoms with Gasteiger partial charge in [0.1, 0.15) is 0 Å². The minimum absolute atomic E-state index is 0.0498. The van der Waals surface area contributed by atoms with Crippen molar-refractivity contribution < 1.29 is 9.59 Å². The highest BCUT2D eigenvalue weighted by atomic mass is 127. The van der Waals surface area contributed by atoms with E-state index in [0.717, 1.165) is 16.5 Å². The van der Waals surface area contributed by atoms with Crippen molar-refractivity contribution in [3.63, 3.8) is 0 Å². The number of ketones is 1. The van der Waals surface area contributed by atoms with Gasteiger partial charge in [0.15, 0.2) is 5.78 Å². The van der Waals surface area contributed by atoms with Crippen LogP contribution in [0.4, 0.5) is 0 Å². The molecule has 1 N–H and O–H groups in total. The third kappa shape index (κ3) is 5.69. The Morgan fingerprint density at radius 2 is 1.84 bits per heavy atom. The maximum Gasteiger partial charge on any atom is 0.233 e. The fourth-order valence-corrected chi connectivity index (χ4v) is 2.10. The average Bonchev–Trinajstić information content (AvgIpc) is 2.39.